The van der Waals surface area contributed by atoms with Gasteiger partial charge in [0.1, 0.15) is 6.54 Å². The van der Waals surface area contributed by atoms with E-state index in [-0.39, 0.29) is 29.8 Å². The van der Waals surface area contributed by atoms with Crippen LogP contribution in [-0.4, -0.2) is 66.3 Å². The Hall–Kier alpha value is -1.88. The minimum Gasteiger partial charge on any atom is -0.341 e. The van der Waals surface area contributed by atoms with Gasteiger partial charge in [-0.25, -0.2) is 0 Å². The van der Waals surface area contributed by atoms with Gasteiger partial charge in [0, 0.05) is 13.1 Å². The quantitative estimate of drug-likeness (QED) is 0.751. The summed E-state index contributed by atoms with van der Waals surface area (Å²) < 4.78 is 0. The van der Waals surface area contributed by atoms with E-state index in [0.29, 0.717) is 6.04 Å². The molecule has 3 aliphatic rings. The molecule has 4 rings (SSSR count). The molecular formula is C23H33N3O2. The van der Waals surface area contributed by atoms with Crippen LogP contribution >= 0.6 is 0 Å². The van der Waals surface area contributed by atoms with E-state index in [9.17, 15) is 9.59 Å². The van der Waals surface area contributed by atoms with Crippen molar-refractivity contribution in [2.24, 2.45) is 5.41 Å². The zero-order chi connectivity index (χ0) is 19.7. The van der Waals surface area contributed by atoms with E-state index in [1.54, 1.807) is 0 Å². The zero-order valence-corrected chi connectivity index (χ0v) is 17.3. The summed E-state index contributed by atoms with van der Waals surface area (Å²) in [6, 6.07) is 10.7. The first-order chi connectivity index (χ1) is 13.5. The smallest absolute Gasteiger partial charge is 0.242 e. The molecule has 2 heterocycles. The van der Waals surface area contributed by atoms with Gasteiger partial charge in [-0.15, -0.1) is 0 Å². The molecule has 5 nitrogen and oxygen atoms in total. The second-order valence-corrected chi connectivity index (χ2v) is 9.00. The number of piperidine rings is 1. The molecule has 1 unspecified atom stereocenters. The minimum atomic E-state index is -0.272. The highest BCUT2D eigenvalue weighted by Crippen LogP contribution is 2.57. The number of hydrogen-bond acceptors (Lipinski definition) is 3. The van der Waals surface area contributed by atoms with E-state index in [1.165, 1.54) is 12.0 Å². The first kappa shape index (κ1) is 19.4. The third kappa shape index (κ3) is 3.34. The van der Waals surface area contributed by atoms with E-state index in [0.717, 1.165) is 51.6 Å². The average molecular weight is 384 g/mol. The molecule has 1 spiro atoms. The Morgan fingerprint density at radius 1 is 1.11 bits per heavy atom. The number of hydrogen-bond donors (Lipinski definition) is 0. The lowest BCUT2D eigenvalue weighted by Crippen LogP contribution is -2.65. The van der Waals surface area contributed by atoms with Crippen LogP contribution < -0.4 is 0 Å². The van der Waals surface area contributed by atoms with Crippen LogP contribution in [0.2, 0.25) is 0 Å². The van der Waals surface area contributed by atoms with Gasteiger partial charge in [-0.05, 0) is 51.4 Å². The largest absolute Gasteiger partial charge is 0.341 e. The van der Waals surface area contributed by atoms with Crippen LogP contribution in [0.4, 0.5) is 0 Å². The second-order valence-electron chi connectivity index (χ2n) is 9.00. The fourth-order valence-electron chi connectivity index (χ4n) is 5.56. The summed E-state index contributed by atoms with van der Waals surface area (Å²) in [5.41, 5.74) is 0.908. The molecule has 1 saturated carbocycles. The molecule has 0 N–H and O–H groups in total. The van der Waals surface area contributed by atoms with E-state index in [1.807, 2.05) is 35.0 Å². The molecular weight excluding hydrogens is 350 g/mol. The molecule has 1 aromatic carbocycles. The van der Waals surface area contributed by atoms with Crippen molar-refractivity contribution in [3.8, 4) is 0 Å². The van der Waals surface area contributed by atoms with Crippen molar-refractivity contribution in [2.45, 2.75) is 57.0 Å². The van der Waals surface area contributed by atoms with Crippen molar-refractivity contribution in [2.75, 3.05) is 33.7 Å². The Balaban J connectivity index is 1.50. The summed E-state index contributed by atoms with van der Waals surface area (Å²) in [7, 11) is 4.04. The van der Waals surface area contributed by atoms with E-state index in [2.05, 4.69) is 24.1 Å². The van der Waals surface area contributed by atoms with Gasteiger partial charge < -0.3 is 14.7 Å². The molecule has 0 radical (unpaired) electrons. The summed E-state index contributed by atoms with van der Waals surface area (Å²) >= 11 is 0. The maximum Gasteiger partial charge on any atom is 0.242 e. The fraction of sp³-hybridized carbons (Fsp3) is 0.652. The normalized spacial score (nSPS) is 25.6. The van der Waals surface area contributed by atoms with Crippen LogP contribution in [0.15, 0.2) is 30.3 Å². The van der Waals surface area contributed by atoms with E-state index in [4.69, 9.17) is 0 Å². The van der Waals surface area contributed by atoms with Crippen LogP contribution in [0.5, 0.6) is 0 Å². The maximum absolute atomic E-state index is 13.2. The van der Waals surface area contributed by atoms with Gasteiger partial charge in [-0.3, -0.25) is 9.59 Å². The third-order valence-electron chi connectivity index (χ3n) is 7.32. The number of carbonyl (C=O) groups excluding carboxylic acids is 2. The standard InChI is InChI=1S/C23H33N3O2/c1-24-15-11-19(12-16-24)25(2)20(27)17-26-21(18-9-5-3-6-10-18)23(22(26)28)13-7-4-8-14-23/h3,5-6,9-10,19,21H,4,7-8,11-17H2,1-2H3. The number of amides is 2. The first-order valence-electron chi connectivity index (χ1n) is 10.8. The average Bonchev–Trinajstić information content (AvgIpc) is 2.74. The van der Waals surface area contributed by atoms with Crippen molar-refractivity contribution < 1.29 is 9.59 Å². The zero-order valence-electron chi connectivity index (χ0n) is 17.3. The fourth-order valence-corrected chi connectivity index (χ4v) is 5.56. The Bertz CT molecular complexity index is 706. The summed E-state index contributed by atoms with van der Waals surface area (Å²) in [5.74, 6) is 0.278. The lowest BCUT2D eigenvalue weighted by Gasteiger charge is -2.58. The maximum atomic E-state index is 13.2. The van der Waals surface area contributed by atoms with Gasteiger partial charge in [-0.1, -0.05) is 49.6 Å². The van der Waals surface area contributed by atoms with Gasteiger partial charge in [0.25, 0.3) is 0 Å². The molecule has 2 saturated heterocycles. The van der Waals surface area contributed by atoms with Gasteiger partial charge in [0.05, 0.1) is 11.5 Å². The molecule has 0 aromatic heterocycles. The van der Waals surface area contributed by atoms with Gasteiger partial charge in [0.2, 0.25) is 11.8 Å². The number of nitrogens with zero attached hydrogens (tertiary/aromatic N) is 3. The molecule has 152 valence electrons. The predicted octanol–water partition coefficient (Wildman–Crippen LogP) is 3.07. The predicted molar refractivity (Wildman–Crippen MR) is 110 cm³/mol. The topological polar surface area (TPSA) is 43.9 Å². The molecule has 1 aromatic rings. The van der Waals surface area contributed by atoms with Gasteiger partial charge in [0.15, 0.2) is 0 Å². The molecule has 2 amide bonds. The van der Waals surface area contributed by atoms with E-state index < -0.39 is 0 Å². The van der Waals surface area contributed by atoms with Crippen LogP contribution in [0, 0.1) is 5.41 Å². The van der Waals surface area contributed by atoms with Crippen molar-refractivity contribution in [1.29, 1.82) is 0 Å². The van der Waals surface area contributed by atoms with Crippen molar-refractivity contribution >= 4 is 11.8 Å². The molecule has 0 bridgehead atoms. The summed E-state index contributed by atoms with van der Waals surface area (Å²) in [6.45, 7) is 2.27. The molecule has 28 heavy (non-hydrogen) atoms. The highest BCUT2D eigenvalue weighted by atomic mass is 16.2. The van der Waals surface area contributed by atoms with Crippen LogP contribution in [0.25, 0.3) is 0 Å². The number of benzene rings is 1. The SMILES string of the molecule is CN1CCC(N(C)C(=O)CN2C(=O)C3(CCCCC3)C2c2ccccc2)CC1. The Morgan fingerprint density at radius 2 is 1.75 bits per heavy atom. The lowest BCUT2D eigenvalue weighted by atomic mass is 9.60. The summed E-state index contributed by atoms with van der Waals surface area (Å²) in [4.78, 5) is 32.4. The molecule has 1 atom stereocenters. The number of likely N-dealkylation sites (tertiary alicyclic amines) is 2. The molecule has 3 fully saturated rings. The monoisotopic (exact) mass is 383 g/mol. The highest BCUT2D eigenvalue weighted by Gasteiger charge is 2.60. The van der Waals surface area contributed by atoms with Crippen molar-refractivity contribution in [1.82, 2.24) is 14.7 Å². The first-order valence-corrected chi connectivity index (χ1v) is 10.8. The van der Waals surface area contributed by atoms with Crippen molar-refractivity contribution in [3.05, 3.63) is 35.9 Å². The lowest BCUT2D eigenvalue weighted by molar-refractivity contribution is -0.181. The Kier molecular flexibility index (Phi) is 5.46. The number of rotatable bonds is 4. The number of carbonyl (C=O) groups is 2. The number of likely N-dealkylation sites (N-methyl/N-ethyl adjacent to an activating group) is 1. The molecule has 1 aliphatic carbocycles. The third-order valence-corrected chi connectivity index (χ3v) is 7.32. The summed E-state index contributed by atoms with van der Waals surface area (Å²) in [6.07, 6.45) is 7.40. The molecule has 2 aliphatic heterocycles. The van der Waals surface area contributed by atoms with Crippen LogP contribution in [0.3, 0.4) is 0 Å². The Labute approximate surface area is 168 Å². The number of β-lactam (4-membered cyclic amide) rings is 1. The van der Waals surface area contributed by atoms with E-state index >= 15 is 0 Å². The van der Waals surface area contributed by atoms with Crippen LogP contribution in [-0.2, 0) is 9.59 Å². The van der Waals surface area contributed by atoms with Gasteiger partial charge in [-0.2, -0.15) is 0 Å². The molecule has 5 heteroatoms. The van der Waals surface area contributed by atoms with Crippen molar-refractivity contribution in [3.63, 3.8) is 0 Å². The minimum absolute atomic E-state index is 0.0522. The highest BCUT2D eigenvalue weighted by molar-refractivity contribution is 5.94. The second kappa shape index (κ2) is 7.86. The van der Waals surface area contributed by atoms with Gasteiger partial charge >= 0.3 is 0 Å². The Morgan fingerprint density at radius 3 is 2.39 bits per heavy atom. The van der Waals surface area contributed by atoms with Crippen LogP contribution in [0.1, 0.15) is 56.6 Å². The summed E-state index contributed by atoms with van der Waals surface area (Å²) in [5, 5.41) is 0.